The zero-order valence-electron chi connectivity index (χ0n) is 18.1. The van der Waals surface area contributed by atoms with E-state index < -0.39 is 0 Å². The third kappa shape index (κ3) is 6.27. The Morgan fingerprint density at radius 2 is 1.64 bits per heavy atom. The fraction of sp³-hybridized carbons (Fsp3) is 0.120. The summed E-state index contributed by atoms with van der Waals surface area (Å²) >= 11 is 0. The van der Waals surface area contributed by atoms with Crippen LogP contribution in [0.25, 0.3) is 5.69 Å². The van der Waals surface area contributed by atoms with Crippen LogP contribution in [-0.4, -0.2) is 33.0 Å². The first kappa shape index (κ1) is 21.8. The maximum Gasteiger partial charge on any atom is 0.277 e. The van der Waals surface area contributed by atoms with Crippen molar-refractivity contribution >= 4 is 11.6 Å². The predicted molar refractivity (Wildman–Crippen MR) is 124 cm³/mol. The Labute approximate surface area is 191 Å². The second-order valence-electron chi connectivity index (χ2n) is 7.15. The molecule has 0 spiro atoms. The van der Waals surface area contributed by atoms with E-state index in [1.54, 1.807) is 35.3 Å². The van der Waals surface area contributed by atoms with Crippen molar-refractivity contribution in [2.45, 2.75) is 13.5 Å². The number of rotatable bonds is 9. The van der Waals surface area contributed by atoms with E-state index in [0.717, 1.165) is 22.6 Å². The maximum atomic E-state index is 12.1. The number of ether oxygens (including phenoxy) is 2. The Morgan fingerprint density at radius 3 is 2.30 bits per heavy atom. The summed E-state index contributed by atoms with van der Waals surface area (Å²) in [7, 11) is 0. The van der Waals surface area contributed by atoms with Crippen LogP contribution in [0.2, 0.25) is 0 Å². The van der Waals surface area contributed by atoms with Crippen LogP contribution in [0.4, 0.5) is 0 Å². The minimum absolute atomic E-state index is 0.147. The molecule has 0 saturated heterocycles. The lowest BCUT2D eigenvalue weighted by Crippen LogP contribution is -2.25. The highest BCUT2D eigenvalue weighted by Gasteiger charge is 2.05. The first-order valence-electron chi connectivity index (χ1n) is 10.4. The van der Waals surface area contributed by atoms with E-state index in [0.29, 0.717) is 18.1 Å². The van der Waals surface area contributed by atoms with Gasteiger partial charge < -0.3 is 9.47 Å². The normalized spacial score (nSPS) is 11.1. The highest BCUT2D eigenvalue weighted by Crippen LogP contribution is 2.18. The van der Waals surface area contributed by atoms with Gasteiger partial charge in [-0.05, 0) is 54.4 Å². The molecule has 33 heavy (non-hydrogen) atoms. The van der Waals surface area contributed by atoms with Crippen LogP contribution in [0, 0.1) is 0 Å². The van der Waals surface area contributed by atoms with Crippen molar-refractivity contribution in [2.75, 3.05) is 6.61 Å². The number of nitrogens with one attached hydrogen (secondary N) is 1. The molecule has 0 fully saturated rings. The van der Waals surface area contributed by atoms with Gasteiger partial charge in [-0.1, -0.05) is 42.5 Å². The van der Waals surface area contributed by atoms with Crippen LogP contribution >= 0.6 is 0 Å². The standard InChI is InChI=1S/C25H23N5O3/c1-19(21-7-9-22(10-8-21)30-18-26-17-27-30)28-29-25(31)16-33-24-13-11-23(12-14-24)32-15-20-5-3-2-4-6-20/h2-14,17-18H,15-16H2,1H3,(H,29,31)/b28-19+. The van der Waals surface area contributed by atoms with Crippen LogP contribution in [0.15, 0.2) is 96.6 Å². The molecule has 0 atom stereocenters. The Morgan fingerprint density at radius 1 is 0.939 bits per heavy atom. The van der Waals surface area contributed by atoms with E-state index in [9.17, 15) is 4.79 Å². The number of carbonyl (C=O) groups is 1. The minimum Gasteiger partial charge on any atom is -0.489 e. The zero-order valence-corrected chi connectivity index (χ0v) is 18.1. The fourth-order valence-corrected chi connectivity index (χ4v) is 2.96. The molecule has 0 aliphatic carbocycles. The summed E-state index contributed by atoms with van der Waals surface area (Å²) in [4.78, 5) is 16.0. The van der Waals surface area contributed by atoms with Gasteiger partial charge in [0.25, 0.3) is 5.91 Å². The number of benzene rings is 3. The lowest BCUT2D eigenvalue weighted by atomic mass is 10.1. The Kier molecular flexibility index (Phi) is 7.07. The molecule has 8 heteroatoms. The SMILES string of the molecule is C/C(=N\NC(=O)COc1ccc(OCc2ccccc2)cc1)c1ccc(-n2cncn2)cc1. The van der Waals surface area contributed by atoms with Crippen molar-refractivity contribution in [1.29, 1.82) is 0 Å². The van der Waals surface area contributed by atoms with Gasteiger partial charge in [0.05, 0.1) is 11.4 Å². The van der Waals surface area contributed by atoms with Crippen LogP contribution in [0.3, 0.4) is 0 Å². The summed E-state index contributed by atoms with van der Waals surface area (Å²) in [6.07, 6.45) is 3.11. The first-order chi connectivity index (χ1) is 16.2. The molecular formula is C25H23N5O3. The minimum atomic E-state index is -0.349. The summed E-state index contributed by atoms with van der Waals surface area (Å²) in [5.74, 6) is 0.949. The van der Waals surface area contributed by atoms with Gasteiger partial charge in [0, 0.05) is 0 Å². The molecule has 0 aliphatic heterocycles. The van der Waals surface area contributed by atoms with E-state index in [1.165, 1.54) is 6.33 Å². The van der Waals surface area contributed by atoms with Crippen molar-refractivity contribution in [2.24, 2.45) is 5.10 Å². The average molecular weight is 441 g/mol. The molecular weight excluding hydrogens is 418 g/mol. The van der Waals surface area contributed by atoms with Crippen molar-refractivity contribution in [3.05, 3.63) is 103 Å². The quantitative estimate of drug-likeness (QED) is 0.315. The van der Waals surface area contributed by atoms with Gasteiger partial charge in [0.1, 0.15) is 30.8 Å². The zero-order chi connectivity index (χ0) is 22.9. The second kappa shape index (κ2) is 10.7. The third-order valence-electron chi connectivity index (χ3n) is 4.76. The molecule has 0 bridgehead atoms. The largest absolute Gasteiger partial charge is 0.489 e. The average Bonchev–Trinajstić information content (AvgIpc) is 3.41. The molecule has 1 amide bonds. The van der Waals surface area contributed by atoms with Gasteiger partial charge in [-0.15, -0.1) is 0 Å². The van der Waals surface area contributed by atoms with E-state index in [-0.39, 0.29) is 12.5 Å². The molecule has 1 heterocycles. The van der Waals surface area contributed by atoms with Crippen LogP contribution < -0.4 is 14.9 Å². The summed E-state index contributed by atoms with van der Waals surface area (Å²) in [5, 5.41) is 8.24. The molecule has 1 aromatic heterocycles. The Bertz CT molecular complexity index is 1190. The number of hydrogen-bond donors (Lipinski definition) is 1. The fourth-order valence-electron chi connectivity index (χ4n) is 2.96. The van der Waals surface area contributed by atoms with Gasteiger partial charge in [-0.2, -0.15) is 10.2 Å². The number of hydrogen-bond acceptors (Lipinski definition) is 6. The summed E-state index contributed by atoms with van der Waals surface area (Å²) < 4.78 is 12.9. The predicted octanol–water partition coefficient (Wildman–Crippen LogP) is 3.77. The lowest BCUT2D eigenvalue weighted by Gasteiger charge is -2.09. The van der Waals surface area contributed by atoms with Crippen molar-refractivity contribution in [3.8, 4) is 17.2 Å². The van der Waals surface area contributed by atoms with E-state index in [2.05, 4.69) is 20.6 Å². The highest BCUT2D eigenvalue weighted by molar-refractivity contribution is 5.99. The molecule has 4 rings (SSSR count). The summed E-state index contributed by atoms with van der Waals surface area (Å²) in [5.41, 5.74) is 6.05. The number of carbonyl (C=O) groups excluding carboxylic acids is 1. The third-order valence-corrected chi connectivity index (χ3v) is 4.76. The monoisotopic (exact) mass is 441 g/mol. The Balaban J connectivity index is 1.23. The molecule has 0 saturated carbocycles. The highest BCUT2D eigenvalue weighted by atomic mass is 16.5. The number of aromatic nitrogens is 3. The van der Waals surface area contributed by atoms with E-state index in [1.807, 2.05) is 61.5 Å². The van der Waals surface area contributed by atoms with Gasteiger partial charge in [0.15, 0.2) is 6.61 Å². The molecule has 8 nitrogen and oxygen atoms in total. The number of hydrazone groups is 1. The van der Waals surface area contributed by atoms with Crippen LogP contribution in [0.1, 0.15) is 18.1 Å². The molecule has 166 valence electrons. The lowest BCUT2D eigenvalue weighted by molar-refractivity contribution is -0.123. The van der Waals surface area contributed by atoms with Crippen LogP contribution in [0.5, 0.6) is 11.5 Å². The van der Waals surface area contributed by atoms with Gasteiger partial charge in [-0.25, -0.2) is 15.1 Å². The molecule has 4 aromatic rings. The molecule has 1 N–H and O–H groups in total. The van der Waals surface area contributed by atoms with E-state index in [4.69, 9.17) is 9.47 Å². The first-order valence-corrected chi connectivity index (χ1v) is 10.4. The molecule has 0 unspecified atom stereocenters. The molecule has 3 aromatic carbocycles. The van der Waals surface area contributed by atoms with Gasteiger partial charge >= 0.3 is 0 Å². The maximum absolute atomic E-state index is 12.1. The van der Waals surface area contributed by atoms with Crippen LogP contribution in [-0.2, 0) is 11.4 Å². The molecule has 0 aliphatic rings. The van der Waals surface area contributed by atoms with Crippen molar-refractivity contribution in [3.63, 3.8) is 0 Å². The summed E-state index contributed by atoms with van der Waals surface area (Å²) in [6, 6.07) is 24.7. The Hall–Kier alpha value is -4.46. The number of amides is 1. The van der Waals surface area contributed by atoms with Crippen molar-refractivity contribution in [1.82, 2.24) is 20.2 Å². The van der Waals surface area contributed by atoms with E-state index >= 15 is 0 Å². The smallest absolute Gasteiger partial charge is 0.277 e. The topological polar surface area (TPSA) is 90.6 Å². The van der Waals surface area contributed by atoms with Gasteiger partial charge in [-0.3, -0.25) is 4.79 Å². The summed E-state index contributed by atoms with van der Waals surface area (Å²) in [6.45, 7) is 2.16. The second-order valence-corrected chi connectivity index (χ2v) is 7.15. The van der Waals surface area contributed by atoms with Gasteiger partial charge in [0.2, 0.25) is 0 Å². The number of nitrogens with zero attached hydrogens (tertiary/aromatic N) is 4. The van der Waals surface area contributed by atoms with Crippen molar-refractivity contribution < 1.29 is 14.3 Å². The molecule has 0 radical (unpaired) electrons.